The SMILES string of the molecule is COc1cccc2[nH]c(-c3nn[nH]n3)cc12. The molecule has 16 heavy (non-hydrogen) atoms. The van der Waals surface area contributed by atoms with Gasteiger partial charge in [0.1, 0.15) is 5.75 Å². The quantitative estimate of drug-likeness (QED) is 0.676. The number of fused-ring (bicyclic) bond motifs is 1. The van der Waals surface area contributed by atoms with Gasteiger partial charge in [-0.1, -0.05) is 6.07 Å². The van der Waals surface area contributed by atoms with Crippen molar-refractivity contribution in [2.75, 3.05) is 7.11 Å². The van der Waals surface area contributed by atoms with Crippen molar-refractivity contribution in [1.29, 1.82) is 0 Å². The summed E-state index contributed by atoms with van der Waals surface area (Å²) in [5, 5.41) is 14.8. The van der Waals surface area contributed by atoms with E-state index in [2.05, 4.69) is 25.6 Å². The van der Waals surface area contributed by atoms with Gasteiger partial charge in [0, 0.05) is 10.9 Å². The maximum atomic E-state index is 5.27. The van der Waals surface area contributed by atoms with E-state index in [0.717, 1.165) is 22.3 Å². The van der Waals surface area contributed by atoms with Crippen molar-refractivity contribution in [1.82, 2.24) is 25.6 Å². The lowest BCUT2D eigenvalue weighted by Crippen LogP contribution is -1.81. The normalized spacial score (nSPS) is 10.8. The molecule has 0 saturated carbocycles. The van der Waals surface area contributed by atoms with Gasteiger partial charge in [0.05, 0.1) is 12.8 Å². The topological polar surface area (TPSA) is 79.5 Å². The molecule has 80 valence electrons. The Morgan fingerprint density at radius 3 is 3.00 bits per heavy atom. The lowest BCUT2D eigenvalue weighted by Gasteiger charge is -1.99. The Labute approximate surface area is 90.6 Å². The highest BCUT2D eigenvalue weighted by Crippen LogP contribution is 2.28. The zero-order chi connectivity index (χ0) is 11.0. The van der Waals surface area contributed by atoms with Crippen LogP contribution in [0.2, 0.25) is 0 Å². The third-order valence-electron chi connectivity index (χ3n) is 2.43. The Morgan fingerprint density at radius 2 is 2.25 bits per heavy atom. The van der Waals surface area contributed by atoms with Gasteiger partial charge in [0.25, 0.3) is 0 Å². The Morgan fingerprint density at radius 1 is 1.31 bits per heavy atom. The van der Waals surface area contributed by atoms with Crippen LogP contribution in [0.5, 0.6) is 5.75 Å². The number of nitrogens with zero attached hydrogens (tertiary/aromatic N) is 3. The molecule has 0 aliphatic carbocycles. The highest BCUT2D eigenvalue weighted by atomic mass is 16.5. The molecule has 0 bridgehead atoms. The molecule has 0 aliphatic rings. The van der Waals surface area contributed by atoms with Gasteiger partial charge >= 0.3 is 0 Å². The van der Waals surface area contributed by atoms with E-state index in [4.69, 9.17) is 4.74 Å². The van der Waals surface area contributed by atoms with Gasteiger partial charge in [-0.05, 0) is 23.4 Å². The van der Waals surface area contributed by atoms with Crippen molar-refractivity contribution in [3.8, 4) is 17.3 Å². The van der Waals surface area contributed by atoms with Crippen molar-refractivity contribution in [3.05, 3.63) is 24.3 Å². The Kier molecular flexibility index (Phi) is 1.86. The van der Waals surface area contributed by atoms with Gasteiger partial charge in [-0.2, -0.15) is 5.21 Å². The van der Waals surface area contributed by atoms with Crippen LogP contribution in [-0.2, 0) is 0 Å². The fourth-order valence-corrected chi connectivity index (χ4v) is 1.70. The molecule has 0 saturated heterocycles. The van der Waals surface area contributed by atoms with Crippen LogP contribution in [-0.4, -0.2) is 32.7 Å². The molecule has 3 rings (SSSR count). The number of tetrazole rings is 1. The standard InChI is InChI=1S/C10H9N5O/c1-16-9-4-2-3-7-6(9)5-8(11-7)10-12-14-15-13-10/h2-5,11H,1H3,(H,12,13,14,15). The number of hydrogen-bond acceptors (Lipinski definition) is 4. The molecule has 0 atom stereocenters. The van der Waals surface area contributed by atoms with E-state index >= 15 is 0 Å². The molecule has 0 amide bonds. The maximum Gasteiger partial charge on any atom is 0.220 e. The number of hydrogen-bond donors (Lipinski definition) is 2. The number of nitrogens with one attached hydrogen (secondary N) is 2. The van der Waals surface area contributed by atoms with Crippen LogP contribution in [0.25, 0.3) is 22.4 Å². The molecule has 0 unspecified atom stereocenters. The van der Waals surface area contributed by atoms with Crippen molar-refractivity contribution in [3.63, 3.8) is 0 Å². The van der Waals surface area contributed by atoms with Crippen LogP contribution in [0, 0.1) is 0 Å². The summed E-state index contributed by atoms with van der Waals surface area (Å²) >= 11 is 0. The lowest BCUT2D eigenvalue weighted by atomic mass is 10.2. The number of aromatic amines is 2. The van der Waals surface area contributed by atoms with E-state index in [0.29, 0.717) is 5.82 Å². The number of H-pyrrole nitrogens is 2. The average molecular weight is 215 g/mol. The Balaban J connectivity index is 2.23. The van der Waals surface area contributed by atoms with E-state index in [1.807, 2.05) is 24.3 Å². The first-order valence-corrected chi connectivity index (χ1v) is 4.78. The van der Waals surface area contributed by atoms with E-state index in [1.165, 1.54) is 0 Å². The lowest BCUT2D eigenvalue weighted by molar-refractivity contribution is 0.420. The number of rotatable bonds is 2. The van der Waals surface area contributed by atoms with Gasteiger partial charge in [-0.3, -0.25) is 0 Å². The maximum absolute atomic E-state index is 5.27. The third kappa shape index (κ3) is 1.23. The summed E-state index contributed by atoms with van der Waals surface area (Å²) < 4.78 is 5.27. The summed E-state index contributed by atoms with van der Waals surface area (Å²) in [5.74, 6) is 1.36. The highest BCUT2D eigenvalue weighted by molar-refractivity contribution is 5.89. The van der Waals surface area contributed by atoms with E-state index < -0.39 is 0 Å². The summed E-state index contributed by atoms with van der Waals surface area (Å²) in [6, 6.07) is 7.76. The van der Waals surface area contributed by atoms with Gasteiger partial charge in [-0.15, -0.1) is 10.2 Å². The summed E-state index contributed by atoms with van der Waals surface area (Å²) in [7, 11) is 1.65. The molecule has 2 aromatic heterocycles. The van der Waals surface area contributed by atoms with Gasteiger partial charge in [0.15, 0.2) is 0 Å². The minimum atomic E-state index is 0.540. The smallest absolute Gasteiger partial charge is 0.220 e. The summed E-state index contributed by atoms with van der Waals surface area (Å²) in [6.07, 6.45) is 0. The monoisotopic (exact) mass is 215 g/mol. The van der Waals surface area contributed by atoms with Crippen LogP contribution in [0.3, 0.4) is 0 Å². The van der Waals surface area contributed by atoms with Crippen molar-refractivity contribution >= 4 is 10.9 Å². The van der Waals surface area contributed by atoms with E-state index in [-0.39, 0.29) is 0 Å². The molecule has 0 fully saturated rings. The predicted octanol–water partition coefficient (Wildman–Crippen LogP) is 1.36. The molecule has 3 aromatic rings. The van der Waals surface area contributed by atoms with Crippen molar-refractivity contribution in [2.45, 2.75) is 0 Å². The molecular weight excluding hydrogens is 206 g/mol. The number of methoxy groups -OCH3 is 1. The fraction of sp³-hybridized carbons (Fsp3) is 0.100. The fourth-order valence-electron chi connectivity index (χ4n) is 1.70. The minimum Gasteiger partial charge on any atom is -0.496 e. The second kappa shape index (κ2) is 3.34. The zero-order valence-corrected chi connectivity index (χ0v) is 8.56. The second-order valence-electron chi connectivity index (χ2n) is 3.34. The Bertz CT molecular complexity index is 613. The van der Waals surface area contributed by atoms with Crippen LogP contribution >= 0.6 is 0 Å². The Hall–Kier alpha value is -2.37. The zero-order valence-electron chi connectivity index (χ0n) is 8.56. The largest absolute Gasteiger partial charge is 0.496 e. The van der Waals surface area contributed by atoms with E-state index in [1.54, 1.807) is 7.11 Å². The van der Waals surface area contributed by atoms with Gasteiger partial charge in [0.2, 0.25) is 5.82 Å². The predicted molar refractivity (Wildman–Crippen MR) is 58.0 cm³/mol. The van der Waals surface area contributed by atoms with Gasteiger partial charge < -0.3 is 9.72 Å². The molecular formula is C10H9N5O. The molecule has 2 N–H and O–H groups in total. The van der Waals surface area contributed by atoms with Crippen LogP contribution in [0.15, 0.2) is 24.3 Å². The second-order valence-corrected chi connectivity index (χ2v) is 3.34. The molecule has 6 nitrogen and oxygen atoms in total. The first-order chi connectivity index (χ1) is 7.88. The molecule has 6 heteroatoms. The summed E-state index contributed by atoms with van der Waals surface area (Å²) in [4.78, 5) is 3.21. The van der Waals surface area contributed by atoms with E-state index in [9.17, 15) is 0 Å². The molecule has 0 spiro atoms. The molecule has 2 heterocycles. The summed E-state index contributed by atoms with van der Waals surface area (Å²) in [5.41, 5.74) is 1.80. The number of ether oxygens (including phenoxy) is 1. The van der Waals surface area contributed by atoms with Gasteiger partial charge in [-0.25, -0.2) is 0 Å². The van der Waals surface area contributed by atoms with Crippen molar-refractivity contribution < 1.29 is 4.74 Å². The summed E-state index contributed by atoms with van der Waals surface area (Å²) in [6.45, 7) is 0. The van der Waals surface area contributed by atoms with Crippen molar-refractivity contribution in [2.24, 2.45) is 0 Å². The number of benzene rings is 1. The minimum absolute atomic E-state index is 0.540. The first-order valence-electron chi connectivity index (χ1n) is 4.78. The molecule has 0 aliphatic heterocycles. The highest BCUT2D eigenvalue weighted by Gasteiger charge is 2.09. The van der Waals surface area contributed by atoms with Crippen LogP contribution < -0.4 is 4.74 Å². The average Bonchev–Trinajstić information content (AvgIpc) is 2.96. The third-order valence-corrected chi connectivity index (χ3v) is 2.43. The number of aromatic nitrogens is 5. The molecule has 0 radical (unpaired) electrons. The molecule has 1 aromatic carbocycles. The first kappa shape index (κ1) is 8.90. The van der Waals surface area contributed by atoms with Crippen LogP contribution in [0.4, 0.5) is 0 Å². The van der Waals surface area contributed by atoms with Crippen LogP contribution in [0.1, 0.15) is 0 Å².